The quantitative estimate of drug-likeness (QED) is 0.443. The van der Waals surface area contributed by atoms with E-state index >= 15 is 0 Å². The summed E-state index contributed by atoms with van der Waals surface area (Å²) in [4.78, 5) is 12.7. The number of nitrogens with one attached hydrogen (secondary N) is 2. The van der Waals surface area contributed by atoms with Crippen molar-refractivity contribution in [3.8, 4) is 33.9 Å². The fourth-order valence-corrected chi connectivity index (χ4v) is 3.85. The summed E-state index contributed by atoms with van der Waals surface area (Å²) in [5.41, 5.74) is 7.20. The molecule has 5 heterocycles. The first-order chi connectivity index (χ1) is 15.2. The van der Waals surface area contributed by atoms with Gasteiger partial charge in [-0.15, -0.1) is 0 Å². The van der Waals surface area contributed by atoms with Gasteiger partial charge in [0.25, 0.3) is 0 Å². The van der Waals surface area contributed by atoms with Crippen molar-refractivity contribution in [2.24, 2.45) is 7.05 Å². The Morgan fingerprint density at radius 2 is 1.90 bits per heavy atom. The maximum Gasteiger partial charge on any atom is 0.135 e. The van der Waals surface area contributed by atoms with E-state index in [1.54, 1.807) is 23.1 Å². The number of aromatic amines is 2. The minimum Gasteiger partial charge on any atom is -0.353 e. The van der Waals surface area contributed by atoms with Crippen molar-refractivity contribution >= 4 is 21.9 Å². The summed E-state index contributed by atoms with van der Waals surface area (Å²) >= 11 is 0. The molecule has 31 heavy (non-hydrogen) atoms. The Balaban J connectivity index is 1.51. The van der Waals surface area contributed by atoms with Crippen molar-refractivity contribution in [2.45, 2.75) is 0 Å². The number of H-pyrrole nitrogens is 2. The highest BCUT2D eigenvalue weighted by atomic mass is 19.1. The van der Waals surface area contributed by atoms with Gasteiger partial charge in [0.05, 0.1) is 28.8 Å². The molecule has 150 valence electrons. The molecule has 0 bridgehead atoms. The zero-order valence-electron chi connectivity index (χ0n) is 16.5. The van der Waals surface area contributed by atoms with Gasteiger partial charge in [0.15, 0.2) is 0 Å². The van der Waals surface area contributed by atoms with Crippen LogP contribution in [0, 0.1) is 5.82 Å². The molecule has 0 amide bonds. The maximum absolute atomic E-state index is 13.8. The summed E-state index contributed by atoms with van der Waals surface area (Å²) in [6.45, 7) is 0. The molecule has 2 N–H and O–H groups in total. The average molecular weight is 409 g/mol. The molecule has 6 aromatic rings. The van der Waals surface area contributed by atoms with E-state index in [1.807, 2.05) is 43.6 Å². The number of pyridine rings is 2. The molecule has 0 saturated heterocycles. The van der Waals surface area contributed by atoms with Gasteiger partial charge in [0.1, 0.15) is 17.0 Å². The van der Waals surface area contributed by atoms with Crippen LogP contribution in [0.3, 0.4) is 0 Å². The fourth-order valence-electron chi connectivity index (χ4n) is 3.85. The molecule has 8 heteroatoms. The van der Waals surface area contributed by atoms with Crippen LogP contribution in [0.4, 0.5) is 4.39 Å². The topological polar surface area (TPSA) is 88.1 Å². The zero-order valence-corrected chi connectivity index (χ0v) is 16.5. The number of hydrogen-bond acceptors (Lipinski definition) is 4. The van der Waals surface area contributed by atoms with Gasteiger partial charge in [0.2, 0.25) is 0 Å². The van der Waals surface area contributed by atoms with Gasteiger partial charge in [0, 0.05) is 41.5 Å². The van der Waals surface area contributed by atoms with Crippen molar-refractivity contribution < 1.29 is 4.39 Å². The Morgan fingerprint density at radius 1 is 0.968 bits per heavy atom. The highest BCUT2D eigenvalue weighted by molar-refractivity contribution is 5.99. The van der Waals surface area contributed by atoms with Gasteiger partial charge in [-0.05, 0) is 36.4 Å². The SMILES string of the molecule is Cn1cc(-c2ccc3[nH]nc(-c4cc5c(-c6cccc(F)c6)nccc5[nH]4)c3n2)cn1. The fraction of sp³-hybridized carbons (Fsp3) is 0.0435. The van der Waals surface area contributed by atoms with Gasteiger partial charge in [-0.3, -0.25) is 14.8 Å². The molecule has 0 atom stereocenters. The Kier molecular flexibility index (Phi) is 3.73. The number of nitrogens with zero attached hydrogens (tertiary/aromatic N) is 5. The largest absolute Gasteiger partial charge is 0.353 e. The first kappa shape index (κ1) is 17.5. The number of rotatable bonds is 3. The van der Waals surface area contributed by atoms with Crippen LogP contribution in [0.1, 0.15) is 0 Å². The van der Waals surface area contributed by atoms with Crippen molar-refractivity contribution in [3.05, 3.63) is 72.9 Å². The molecule has 7 nitrogen and oxygen atoms in total. The number of aromatic nitrogens is 7. The van der Waals surface area contributed by atoms with Crippen LogP contribution in [-0.2, 0) is 7.05 Å². The highest BCUT2D eigenvalue weighted by Crippen LogP contribution is 2.33. The minimum atomic E-state index is -0.294. The van der Waals surface area contributed by atoms with Gasteiger partial charge >= 0.3 is 0 Å². The molecule has 0 fully saturated rings. The van der Waals surface area contributed by atoms with E-state index in [2.05, 4.69) is 25.3 Å². The predicted octanol–water partition coefficient (Wildman–Crippen LogP) is 4.71. The van der Waals surface area contributed by atoms with E-state index in [0.717, 1.165) is 44.5 Å². The van der Waals surface area contributed by atoms with Crippen LogP contribution < -0.4 is 0 Å². The molecular weight excluding hydrogens is 393 g/mol. The van der Waals surface area contributed by atoms with Crippen molar-refractivity contribution in [1.82, 2.24) is 34.9 Å². The second-order valence-corrected chi connectivity index (χ2v) is 7.38. The lowest BCUT2D eigenvalue weighted by atomic mass is 10.1. The van der Waals surface area contributed by atoms with E-state index in [0.29, 0.717) is 11.4 Å². The minimum absolute atomic E-state index is 0.294. The Morgan fingerprint density at radius 3 is 2.74 bits per heavy atom. The Hall–Kier alpha value is -4.33. The highest BCUT2D eigenvalue weighted by Gasteiger charge is 2.16. The Labute approximate surface area is 175 Å². The van der Waals surface area contributed by atoms with E-state index in [1.165, 1.54) is 12.1 Å². The summed E-state index contributed by atoms with van der Waals surface area (Å²) in [5, 5.41) is 12.7. The molecule has 0 radical (unpaired) electrons. The molecule has 1 aromatic carbocycles. The van der Waals surface area contributed by atoms with E-state index in [4.69, 9.17) is 4.98 Å². The van der Waals surface area contributed by atoms with E-state index in [-0.39, 0.29) is 5.82 Å². The van der Waals surface area contributed by atoms with Crippen LogP contribution in [0.5, 0.6) is 0 Å². The first-order valence-corrected chi connectivity index (χ1v) is 9.74. The van der Waals surface area contributed by atoms with Crippen molar-refractivity contribution in [1.29, 1.82) is 0 Å². The lowest BCUT2D eigenvalue weighted by molar-refractivity contribution is 0.628. The first-order valence-electron chi connectivity index (χ1n) is 9.74. The third kappa shape index (κ3) is 2.88. The van der Waals surface area contributed by atoms with Crippen LogP contribution in [0.2, 0.25) is 0 Å². The van der Waals surface area contributed by atoms with E-state index in [9.17, 15) is 4.39 Å². The third-order valence-corrected chi connectivity index (χ3v) is 5.31. The monoisotopic (exact) mass is 409 g/mol. The van der Waals surface area contributed by atoms with Crippen molar-refractivity contribution in [2.75, 3.05) is 0 Å². The summed E-state index contributed by atoms with van der Waals surface area (Å²) in [7, 11) is 1.88. The number of fused-ring (bicyclic) bond motifs is 2. The summed E-state index contributed by atoms with van der Waals surface area (Å²) in [6, 6.07) is 14.2. The second-order valence-electron chi connectivity index (χ2n) is 7.38. The zero-order chi connectivity index (χ0) is 20.9. The summed E-state index contributed by atoms with van der Waals surface area (Å²) in [5.74, 6) is -0.294. The van der Waals surface area contributed by atoms with Gasteiger partial charge < -0.3 is 4.98 Å². The van der Waals surface area contributed by atoms with Gasteiger partial charge in [-0.1, -0.05) is 12.1 Å². The number of halogens is 1. The molecule has 0 aliphatic heterocycles. The van der Waals surface area contributed by atoms with Crippen LogP contribution in [0.25, 0.3) is 55.8 Å². The molecular formula is C23H16FN7. The van der Waals surface area contributed by atoms with Gasteiger partial charge in [-0.25, -0.2) is 9.37 Å². The third-order valence-electron chi connectivity index (χ3n) is 5.31. The Bertz CT molecular complexity index is 1570. The smallest absolute Gasteiger partial charge is 0.135 e. The molecule has 0 unspecified atom stereocenters. The van der Waals surface area contributed by atoms with Gasteiger partial charge in [-0.2, -0.15) is 10.2 Å². The number of hydrogen-bond donors (Lipinski definition) is 2. The molecule has 5 aromatic heterocycles. The lowest BCUT2D eigenvalue weighted by Gasteiger charge is -2.02. The summed E-state index contributed by atoms with van der Waals surface area (Å²) in [6.07, 6.45) is 5.42. The van der Waals surface area contributed by atoms with E-state index < -0.39 is 0 Å². The standard InChI is InChI=1S/C23H16FN7/c1-31-12-14(11-26-31)17-5-6-19-22(28-17)23(30-29-19)20-10-16-18(27-20)7-8-25-21(16)13-3-2-4-15(24)9-13/h2-12,27H,1H3,(H,29,30). The van der Waals surface area contributed by atoms with Crippen molar-refractivity contribution in [3.63, 3.8) is 0 Å². The molecule has 0 aliphatic carbocycles. The molecule has 6 rings (SSSR count). The number of benzene rings is 1. The molecule has 0 spiro atoms. The van der Waals surface area contributed by atoms with Crippen LogP contribution in [0.15, 0.2) is 67.1 Å². The van der Waals surface area contributed by atoms with Crippen LogP contribution >= 0.6 is 0 Å². The average Bonchev–Trinajstić information content (AvgIpc) is 3.50. The normalized spacial score (nSPS) is 11.5. The lowest BCUT2D eigenvalue weighted by Crippen LogP contribution is -1.86. The molecule has 0 saturated carbocycles. The summed E-state index contributed by atoms with van der Waals surface area (Å²) < 4.78 is 15.5. The number of aryl methyl sites for hydroxylation is 1. The van der Waals surface area contributed by atoms with Crippen LogP contribution in [-0.4, -0.2) is 34.9 Å². The maximum atomic E-state index is 13.8. The molecule has 0 aliphatic rings. The predicted molar refractivity (Wildman–Crippen MR) is 117 cm³/mol. The second kappa shape index (κ2) is 6.60.